The number of rotatable bonds is 24. The maximum Gasteiger partial charge on any atom is 0.534 e. The van der Waals surface area contributed by atoms with Crippen LogP contribution < -0.4 is 15.5 Å². The van der Waals surface area contributed by atoms with E-state index in [0.717, 1.165) is 88.3 Å². The number of unbranched alkanes of at least 4 members (excludes halogenated alkanes) is 12. The summed E-state index contributed by atoms with van der Waals surface area (Å²) in [6, 6.07) is 11.6. The monoisotopic (exact) mass is 821 g/mol. The average molecular weight is 822 g/mol. The van der Waals surface area contributed by atoms with Crippen LogP contribution in [-0.2, 0) is 34.6 Å². The highest BCUT2D eigenvalue weighted by Gasteiger charge is 2.32. The van der Waals surface area contributed by atoms with Crippen LogP contribution >= 0.6 is 0 Å². The Kier molecular flexibility index (Phi) is 16.6. The number of benzene rings is 2. The van der Waals surface area contributed by atoms with E-state index in [-0.39, 0.29) is 29.9 Å². The standard InChI is InChI=1S/C38H51N3O13S2/c42-34(39-22-23-55(47,48)49)14-12-10-8-6-4-2-1-3-5-7-9-11-13-15-35(43)40-27-16-18-29-30-19-17-28(56(50,51)52)25-32(30)33(31(29)24-27)26-53-38(46)54-41-36(44)20-21-37(41)45/h16-21,24-25,33,44-45H,1-15,22-23,26H2,(H,39,42)(H,40,43)(H,47,48,49)(H,50,51,52). The Morgan fingerprint density at radius 1 is 0.661 bits per heavy atom. The van der Waals surface area contributed by atoms with Gasteiger partial charge < -0.3 is 25.6 Å². The van der Waals surface area contributed by atoms with Gasteiger partial charge >= 0.3 is 6.16 Å². The minimum atomic E-state index is -4.54. The number of amides is 2. The largest absolute Gasteiger partial charge is 0.534 e. The van der Waals surface area contributed by atoms with Gasteiger partial charge in [-0.3, -0.25) is 23.5 Å². The highest BCUT2D eigenvalue weighted by atomic mass is 32.2. The molecule has 308 valence electrons. The number of nitrogens with one attached hydrogen (secondary N) is 2. The Morgan fingerprint density at radius 2 is 1.16 bits per heavy atom. The lowest BCUT2D eigenvalue weighted by atomic mass is 9.97. The fourth-order valence-electron chi connectivity index (χ4n) is 6.65. The zero-order chi connectivity index (χ0) is 40.7. The number of hydrogen-bond acceptors (Lipinski definition) is 11. The molecule has 0 bridgehead atoms. The Bertz CT molecular complexity index is 2010. The maximum atomic E-state index is 12.8. The first kappa shape index (κ1) is 44.1. The van der Waals surface area contributed by atoms with Crippen molar-refractivity contribution in [3.05, 3.63) is 59.7 Å². The van der Waals surface area contributed by atoms with E-state index in [1.807, 2.05) is 0 Å². The number of carbonyl (C=O) groups excluding carboxylic acids is 3. The molecule has 0 fully saturated rings. The molecule has 56 heavy (non-hydrogen) atoms. The molecule has 16 nitrogen and oxygen atoms in total. The number of anilines is 1. The van der Waals surface area contributed by atoms with Crippen molar-refractivity contribution in [2.45, 2.75) is 107 Å². The lowest BCUT2D eigenvalue weighted by Crippen LogP contribution is -2.28. The summed E-state index contributed by atoms with van der Waals surface area (Å²) in [7, 11) is -8.60. The van der Waals surface area contributed by atoms with Gasteiger partial charge in [-0.15, -0.1) is 4.73 Å². The van der Waals surface area contributed by atoms with E-state index in [0.29, 0.717) is 39.9 Å². The molecule has 2 aromatic carbocycles. The van der Waals surface area contributed by atoms with Crippen molar-refractivity contribution in [1.82, 2.24) is 10.0 Å². The molecule has 0 spiro atoms. The summed E-state index contributed by atoms with van der Waals surface area (Å²) in [6.07, 6.45) is 12.9. The second kappa shape index (κ2) is 21.0. The van der Waals surface area contributed by atoms with Crippen LogP contribution in [0.1, 0.15) is 113 Å². The van der Waals surface area contributed by atoms with Crippen molar-refractivity contribution in [3.63, 3.8) is 0 Å². The summed E-state index contributed by atoms with van der Waals surface area (Å²) in [5.74, 6) is -2.62. The van der Waals surface area contributed by atoms with Crippen LogP contribution in [0, 0.1) is 0 Å². The van der Waals surface area contributed by atoms with E-state index in [1.165, 1.54) is 25.0 Å². The summed E-state index contributed by atoms with van der Waals surface area (Å²) < 4.78 is 69.3. The topological polar surface area (TPSA) is 248 Å². The normalized spacial score (nSPS) is 13.5. The van der Waals surface area contributed by atoms with E-state index in [9.17, 15) is 46.0 Å². The summed E-state index contributed by atoms with van der Waals surface area (Å²) in [5, 5.41) is 24.9. The van der Waals surface area contributed by atoms with Gasteiger partial charge in [-0.25, -0.2) is 4.79 Å². The number of aromatic hydroxyl groups is 2. The van der Waals surface area contributed by atoms with Crippen LogP contribution in [0.4, 0.5) is 10.5 Å². The fraction of sp³-hybridized carbons (Fsp3) is 0.500. The van der Waals surface area contributed by atoms with Gasteiger partial charge in [-0.1, -0.05) is 82.8 Å². The Labute approximate surface area is 327 Å². The predicted octanol–water partition coefficient (Wildman–Crippen LogP) is 6.32. The van der Waals surface area contributed by atoms with Crippen molar-refractivity contribution < 1.29 is 60.1 Å². The van der Waals surface area contributed by atoms with Gasteiger partial charge in [0, 0.05) is 43.1 Å². The molecular weight excluding hydrogens is 771 g/mol. The summed E-state index contributed by atoms with van der Waals surface area (Å²) in [6.45, 7) is -0.410. The third-order valence-corrected chi connectivity index (χ3v) is 11.1. The third kappa shape index (κ3) is 14.1. The molecule has 2 amide bonds. The Balaban J connectivity index is 1.12. The van der Waals surface area contributed by atoms with Crippen molar-refractivity contribution in [1.29, 1.82) is 0 Å². The Hall–Kier alpha value is -4.65. The SMILES string of the molecule is O=C(CCCCCCCCCCCCCCCC(=O)Nc1ccc2c(c1)C(COC(=O)On1c(O)ccc1O)c1cc(S(=O)(=O)O)ccc1-2)NCCS(=O)(=O)O. The first-order valence-electron chi connectivity index (χ1n) is 18.8. The van der Waals surface area contributed by atoms with E-state index in [1.54, 1.807) is 24.3 Å². The molecule has 0 radical (unpaired) electrons. The van der Waals surface area contributed by atoms with Crippen molar-refractivity contribution in [3.8, 4) is 22.9 Å². The summed E-state index contributed by atoms with van der Waals surface area (Å²) in [5.41, 5.74) is 2.98. The van der Waals surface area contributed by atoms with Gasteiger partial charge in [0.05, 0.1) is 10.6 Å². The van der Waals surface area contributed by atoms with Crippen LogP contribution in [0.2, 0.25) is 0 Å². The fourth-order valence-corrected chi connectivity index (χ4v) is 7.53. The molecular formula is C38H51N3O13S2. The summed E-state index contributed by atoms with van der Waals surface area (Å²) in [4.78, 5) is 41.5. The Morgan fingerprint density at radius 3 is 1.70 bits per heavy atom. The van der Waals surface area contributed by atoms with Gasteiger partial charge in [0.15, 0.2) is 0 Å². The van der Waals surface area contributed by atoms with E-state index in [2.05, 4.69) is 10.6 Å². The molecule has 1 aromatic heterocycles. The number of carbonyl (C=O) groups is 3. The number of nitrogens with zero attached hydrogens (tertiary/aromatic N) is 1. The van der Waals surface area contributed by atoms with Gasteiger partial charge in [0.2, 0.25) is 23.6 Å². The van der Waals surface area contributed by atoms with E-state index >= 15 is 0 Å². The van der Waals surface area contributed by atoms with E-state index in [4.69, 9.17) is 14.1 Å². The maximum absolute atomic E-state index is 12.8. The predicted molar refractivity (Wildman–Crippen MR) is 207 cm³/mol. The minimum absolute atomic E-state index is 0.0814. The van der Waals surface area contributed by atoms with Crippen LogP contribution in [0.3, 0.4) is 0 Å². The molecule has 6 N–H and O–H groups in total. The smallest absolute Gasteiger partial charge is 0.492 e. The molecule has 1 unspecified atom stereocenters. The number of hydrogen-bond donors (Lipinski definition) is 6. The minimum Gasteiger partial charge on any atom is -0.492 e. The van der Waals surface area contributed by atoms with E-state index < -0.39 is 49.8 Å². The van der Waals surface area contributed by atoms with Crippen LogP contribution in [0.15, 0.2) is 53.4 Å². The van der Waals surface area contributed by atoms with Gasteiger partial charge in [-0.05, 0) is 59.4 Å². The number of aromatic nitrogens is 1. The molecule has 1 aliphatic rings. The molecule has 1 heterocycles. The average Bonchev–Trinajstić information content (AvgIpc) is 3.61. The number of ether oxygens (including phenoxy) is 1. The third-order valence-electron chi connectivity index (χ3n) is 9.52. The molecule has 0 saturated carbocycles. The molecule has 1 atom stereocenters. The molecule has 3 aromatic rings. The lowest BCUT2D eigenvalue weighted by molar-refractivity contribution is -0.121. The molecule has 0 aliphatic heterocycles. The van der Waals surface area contributed by atoms with Gasteiger partial charge in [0.25, 0.3) is 20.2 Å². The first-order chi connectivity index (χ1) is 26.6. The first-order valence-corrected chi connectivity index (χ1v) is 21.9. The highest BCUT2D eigenvalue weighted by molar-refractivity contribution is 7.86. The van der Waals surface area contributed by atoms with Crippen LogP contribution in [0.5, 0.6) is 11.8 Å². The zero-order valence-corrected chi connectivity index (χ0v) is 32.8. The van der Waals surface area contributed by atoms with Crippen molar-refractivity contribution in [2.75, 3.05) is 24.2 Å². The van der Waals surface area contributed by atoms with Gasteiger partial charge in [0.1, 0.15) is 6.61 Å². The molecule has 0 saturated heterocycles. The highest BCUT2D eigenvalue weighted by Crippen LogP contribution is 2.46. The molecule has 18 heteroatoms. The van der Waals surface area contributed by atoms with Crippen molar-refractivity contribution in [2.24, 2.45) is 0 Å². The molecule has 1 aliphatic carbocycles. The summed E-state index contributed by atoms with van der Waals surface area (Å²) >= 11 is 0. The quantitative estimate of drug-likeness (QED) is 0.0329. The van der Waals surface area contributed by atoms with Gasteiger partial charge in [-0.2, -0.15) is 16.8 Å². The second-order valence-corrected chi connectivity index (χ2v) is 16.8. The number of fused-ring (bicyclic) bond motifs is 3. The second-order valence-electron chi connectivity index (χ2n) is 13.9. The molecule has 4 rings (SSSR count). The van der Waals surface area contributed by atoms with Crippen LogP contribution in [-0.4, -0.2) is 77.8 Å². The zero-order valence-electron chi connectivity index (χ0n) is 31.2. The van der Waals surface area contributed by atoms with Crippen LogP contribution in [0.25, 0.3) is 11.1 Å². The lowest BCUT2D eigenvalue weighted by Gasteiger charge is -2.16. The van der Waals surface area contributed by atoms with Crippen molar-refractivity contribution >= 4 is 43.9 Å².